The van der Waals surface area contributed by atoms with Crippen LogP contribution in [0.3, 0.4) is 0 Å². The first kappa shape index (κ1) is 16.2. The molecule has 1 aliphatic carbocycles. The number of hydrogen-bond donors (Lipinski definition) is 2. The van der Waals surface area contributed by atoms with E-state index in [9.17, 15) is 0 Å². The quantitative estimate of drug-likeness (QED) is 0.358. The van der Waals surface area contributed by atoms with Crippen molar-refractivity contribution in [1.29, 1.82) is 0 Å². The SMILES string of the molecule is Nc1ccc2c(c1)[C@@H]1c3cccc[n+]3[C@H]2[C@@H]2c3cccc(N)c3[C@H]1[n+]1ccccc12. The highest BCUT2D eigenvalue weighted by molar-refractivity contribution is 5.61. The van der Waals surface area contributed by atoms with Crippen molar-refractivity contribution in [2.45, 2.75) is 23.9 Å². The van der Waals surface area contributed by atoms with E-state index in [1.165, 1.54) is 33.6 Å². The predicted molar refractivity (Wildman–Crippen MR) is 115 cm³/mol. The van der Waals surface area contributed by atoms with Crippen LogP contribution in [0.15, 0.2) is 85.2 Å². The van der Waals surface area contributed by atoms with Gasteiger partial charge in [0.25, 0.3) is 0 Å². The lowest BCUT2D eigenvalue weighted by molar-refractivity contribution is -0.769. The number of rotatable bonds is 0. The summed E-state index contributed by atoms with van der Waals surface area (Å²) in [4.78, 5) is 0. The molecule has 0 saturated carbocycles. The van der Waals surface area contributed by atoms with E-state index in [4.69, 9.17) is 11.5 Å². The highest BCUT2D eigenvalue weighted by Gasteiger charge is 2.59. The lowest BCUT2D eigenvalue weighted by atomic mass is 9.65. The molecule has 0 amide bonds. The average molecular weight is 390 g/mol. The number of nitrogens with zero attached hydrogens (tertiary/aromatic N) is 2. The predicted octanol–water partition coefficient (Wildman–Crippen LogP) is 3.21. The summed E-state index contributed by atoms with van der Waals surface area (Å²) in [6.45, 7) is 0. The fourth-order valence-electron chi connectivity index (χ4n) is 6.26. The maximum Gasteiger partial charge on any atom is 0.202 e. The molecule has 144 valence electrons. The summed E-state index contributed by atoms with van der Waals surface area (Å²) in [6.07, 6.45) is 4.47. The number of aromatic nitrogens is 2. The van der Waals surface area contributed by atoms with Gasteiger partial charge in [0.05, 0.1) is 0 Å². The van der Waals surface area contributed by atoms with E-state index in [0.717, 1.165) is 11.4 Å². The zero-order valence-corrected chi connectivity index (χ0v) is 16.4. The molecule has 4 aromatic rings. The minimum Gasteiger partial charge on any atom is -0.399 e. The Kier molecular flexibility index (Phi) is 2.95. The summed E-state index contributed by atoms with van der Waals surface area (Å²) in [6, 6.07) is 26.3. The molecular formula is C26H22N4+2. The first-order valence-electron chi connectivity index (χ1n) is 10.5. The summed E-state index contributed by atoms with van der Waals surface area (Å²) in [5.74, 6) is 0.313. The highest BCUT2D eigenvalue weighted by atomic mass is 15.1. The summed E-state index contributed by atoms with van der Waals surface area (Å²) in [5.41, 5.74) is 22.7. The first-order valence-corrected chi connectivity index (χ1v) is 10.5. The molecule has 0 radical (unpaired) electrons. The number of hydrogen-bond acceptors (Lipinski definition) is 2. The van der Waals surface area contributed by atoms with Crippen molar-refractivity contribution in [3.8, 4) is 0 Å². The average Bonchev–Trinajstić information content (AvgIpc) is 2.75. The molecule has 7 heterocycles. The molecule has 4 N–H and O–H groups in total. The molecule has 30 heavy (non-hydrogen) atoms. The van der Waals surface area contributed by atoms with Gasteiger partial charge in [-0.25, -0.2) is 0 Å². The third-order valence-electron chi connectivity index (χ3n) is 7.28. The monoisotopic (exact) mass is 390 g/mol. The molecular weight excluding hydrogens is 368 g/mol. The van der Waals surface area contributed by atoms with Gasteiger partial charge >= 0.3 is 0 Å². The fraction of sp³-hybridized carbons (Fsp3) is 0.154. The molecule has 6 aliphatic rings. The molecule has 0 unspecified atom stereocenters. The van der Waals surface area contributed by atoms with Gasteiger partial charge in [0, 0.05) is 46.8 Å². The van der Waals surface area contributed by atoms with E-state index in [2.05, 4.69) is 82.2 Å². The lowest BCUT2D eigenvalue weighted by Gasteiger charge is -2.42. The third kappa shape index (κ3) is 1.82. The second kappa shape index (κ2) is 5.48. The number of nitrogens with two attached hydrogens (primary N) is 2. The topological polar surface area (TPSA) is 59.8 Å². The summed E-state index contributed by atoms with van der Waals surface area (Å²) < 4.78 is 4.95. The van der Waals surface area contributed by atoms with Crippen LogP contribution in [0.25, 0.3) is 0 Å². The third-order valence-corrected chi connectivity index (χ3v) is 7.28. The molecule has 5 aliphatic heterocycles. The molecule has 4 bridgehead atoms. The Hall–Kier alpha value is -3.66. The van der Waals surface area contributed by atoms with Gasteiger partial charge in [-0.3, -0.25) is 0 Å². The van der Waals surface area contributed by atoms with Gasteiger partial charge in [-0.05, 0) is 29.3 Å². The smallest absolute Gasteiger partial charge is 0.202 e. The van der Waals surface area contributed by atoms with Crippen molar-refractivity contribution in [2.75, 3.05) is 11.5 Å². The van der Waals surface area contributed by atoms with Crippen LogP contribution in [0.2, 0.25) is 0 Å². The molecule has 0 fully saturated rings. The van der Waals surface area contributed by atoms with Gasteiger partial charge in [0.1, 0.15) is 11.8 Å². The number of benzene rings is 2. The maximum atomic E-state index is 6.66. The summed E-state index contributed by atoms with van der Waals surface area (Å²) >= 11 is 0. The Labute approximate surface area is 175 Å². The molecule has 10 rings (SSSR count). The lowest BCUT2D eigenvalue weighted by Crippen LogP contribution is -2.62. The van der Waals surface area contributed by atoms with Gasteiger partial charge in [-0.15, -0.1) is 0 Å². The fourth-order valence-corrected chi connectivity index (χ4v) is 6.26. The Bertz CT molecular complexity index is 1360. The van der Waals surface area contributed by atoms with Crippen molar-refractivity contribution >= 4 is 11.4 Å². The van der Waals surface area contributed by atoms with Gasteiger partial charge in [-0.1, -0.05) is 30.3 Å². The molecule has 0 spiro atoms. The minimum absolute atomic E-state index is 0.0871. The van der Waals surface area contributed by atoms with Crippen LogP contribution >= 0.6 is 0 Å². The van der Waals surface area contributed by atoms with Gasteiger partial charge < -0.3 is 11.5 Å². The number of pyridine rings is 2. The van der Waals surface area contributed by atoms with E-state index in [1.807, 2.05) is 12.1 Å². The maximum absolute atomic E-state index is 6.66. The van der Waals surface area contributed by atoms with Gasteiger partial charge in [-0.2, -0.15) is 9.13 Å². The first-order chi connectivity index (χ1) is 14.7. The summed E-state index contributed by atoms with van der Waals surface area (Å²) in [7, 11) is 0. The second-order valence-corrected chi connectivity index (χ2v) is 8.65. The Morgan fingerprint density at radius 1 is 0.600 bits per heavy atom. The Morgan fingerprint density at radius 3 is 2.07 bits per heavy atom. The zero-order valence-electron chi connectivity index (χ0n) is 16.4. The van der Waals surface area contributed by atoms with E-state index >= 15 is 0 Å². The van der Waals surface area contributed by atoms with E-state index in [0.29, 0.717) is 0 Å². The molecule has 2 aromatic carbocycles. The van der Waals surface area contributed by atoms with Crippen LogP contribution in [0.5, 0.6) is 0 Å². The van der Waals surface area contributed by atoms with Crippen molar-refractivity contribution in [3.05, 3.63) is 119 Å². The largest absolute Gasteiger partial charge is 0.399 e. The molecule has 2 aromatic heterocycles. The number of nitrogen functional groups attached to an aromatic ring is 2. The van der Waals surface area contributed by atoms with E-state index in [1.54, 1.807) is 0 Å². The molecule has 4 nitrogen and oxygen atoms in total. The van der Waals surface area contributed by atoms with Gasteiger partial charge in [0.15, 0.2) is 23.8 Å². The highest BCUT2D eigenvalue weighted by Crippen LogP contribution is 2.55. The minimum atomic E-state index is 0.0871. The molecule has 4 heteroatoms. The van der Waals surface area contributed by atoms with Crippen LogP contribution in [0, 0.1) is 0 Å². The van der Waals surface area contributed by atoms with Crippen molar-refractivity contribution in [3.63, 3.8) is 0 Å². The van der Waals surface area contributed by atoms with Crippen molar-refractivity contribution in [1.82, 2.24) is 0 Å². The van der Waals surface area contributed by atoms with Crippen LogP contribution in [0.4, 0.5) is 11.4 Å². The van der Waals surface area contributed by atoms with Crippen LogP contribution < -0.4 is 20.6 Å². The van der Waals surface area contributed by atoms with E-state index in [-0.39, 0.29) is 23.9 Å². The van der Waals surface area contributed by atoms with Gasteiger partial charge in [0.2, 0.25) is 12.1 Å². The van der Waals surface area contributed by atoms with Crippen molar-refractivity contribution in [2.24, 2.45) is 0 Å². The normalized spacial score (nSPS) is 24.3. The second-order valence-electron chi connectivity index (χ2n) is 8.65. The van der Waals surface area contributed by atoms with Crippen LogP contribution in [-0.2, 0) is 0 Å². The molecule has 4 atom stereocenters. The number of anilines is 2. The Morgan fingerprint density at radius 2 is 1.30 bits per heavy atom. The summed E-state index contributed by atoms with van der Waals surface area (Å²) in [5, 5.41) is 0. The Balaban J connectivity index is 1.70. The van der Waals surface area contributed by atoms with Crippen LogP contribution in [0.1, 0.15) is 57.6 Å². The zero-order chi connectivity index (χ0) is 20.0. The van der Waals surface area contributed by atoms with Crippen LogP contribution in [-0.4, -0.2) is 0 Å². The van der Waals surface area contributed by atoms with Crippen molar-refractivity contribution < 1.29 is 9.13 Å². The standard InChI is InChI=1S/C26H22N4/c27-15-10-11-16-18(14-15)24-21-9-1-3-12-29(21)25(16)23-17-6-5-7-19(28)22(17)26(24)30-13-4-2-8-20(23)30/h1-14,23-26H,27-28H2/q+2/t23-,24-,25-,26-/m1/s1. The molecule has 0 saturated heterocycles. The van der Waals surface area contributed by atoms with E-state index < -0.39 is 0 Å².